The number of carbonyl (C=O) groups excluding carboxylic acids is 1. The zero-order valence-corrected chi connectivity index (χ0v) is 11.4. The van der Waals surface area contributed by atoms with Crippen LogP contribution in [0.3, 0.4) is 0 Å². The minimum Gasteiger partial charge on any atom is -0.462 e. The average molecular weight is 306 g/mol. The van der Waals surface area contributed by atoms with E-state index in [-0.39, 0.29) is 5.91 Å². The summed E-state index contributed by atoms with van der Waals surface area (Å²) in [6.07, 6.45) is 3.08. The molecule has 0 spiro atoms. The van der Waals surface area contributed by atoms with E-state index < -0.39 is 0 Å². The normalized spacial score (nSPS) is 10.8. The third kappa shape index (κ3) is 3.34. The zero-order valence-electron chi connectivity index (χ0n) is 9.81. The second kappa shape index (κ2) is 5.69. The van der Waals surface area contributed by atoms with E-state index in [1.54, 1.807) is 6.08 Å². The lowest BCUT2D eigenvalue weighted by molar-refractivity contribution is -0.111. The van der Waals surface area contributed by atoms with E-state index in [9.17, 15) is 4.79 Å². The van der Waals surface area contributed by atoms with E-state index in [2.05, 4.69) is 21.2 Å². The van der Waals surface area contributed by atoms with Crippen molar-refractivity contribution in [2.75, 3.05) is 5.32 Å². The van der Waals surface area contributed by atoms with Crippen molar-refractivity contribution in [1.29, 1.82) is 0 Å². The van der Waals surface area contributed by atoms with Crippen molar-refractivity contribution in [3.63, 3.8) is 0 Å². The monoisotopic (exact) mass is 305 g/mol. The maximum Gasteiger partial charge on any atom is 0.248 e. The Balaban J connectivity index is 2.01. The van der Waals surface area contributed by atoms with Gasteiger partial charge in [0.2, 0.25) is 5.91 Å². The first-order chi connectivity index (χ1) is 8.65. The Morgan fingerprint density at radius 3 is 2.72 bits per heavy atom. The van der Waals surface area contributed by atoms with Gasteiger partial charge in [-0.3, -0.25) is 4.79 Å². The Morgan fingerprint density at radius 1 is 1.28 bits per heavy atom. The summed E-state index contributed by atoms with van der Waals surface area (Å²) in [6.45, 7) is 1.86. The number of amides is 1. The molecule has 3 nitrogen and oxygen atoms in total. The molecule has 1 heterocycles. The van der Waals surface area contributed by atoms with Crippen molar-refractivity contribution in [2.45, 2.75) is 6.92 Å². The molecule has 92 valence electrons. The molecule has 0 aliphatic carbocycles. The van der Waals surface area contributed by atoms with Crippen LogP contribution >= 0.6 is 15.9 Å². The number of nitrogens with one attached hydrogen (secondary N) is 1. The van der Waals surface area contributed by atoms with E-state index >= 15 is 0 Å². The van der Waals surface area contributed by atoms with Crippen LogP contribution in [-0.4, -0.2) is 5.91 Å². The molecule has 1 N–H and O–H groups in total. The van der Waals surface area contributed by atoms with Gasteiger partial charge in [-0.2, -0.15) is 0 Å². The third-order valence-electron chi connectivity index (χ3n) is 2.29. The number of aryl methyl sites for hydroxylation is 1. The molecule has 1 aromatic heterocycles. The van der Waals surface area contributed by atoms with Crippen molar-refractivity contribution in [2.24, 2.45) is 0 Å². The number of hydrogen-bond donors (Lipinski definition) is 1. The minimum absolute atomic E-state index is 0.198. The van der Waals surface area contributed by atoms with Gasteiger partial charge in [0, 0.05) is 10.5 Å². The van der Waals surface area contributed by atoms with E-state index in [1.807, 2.05) is 43.3 Å². The van der Waals surface area contributed by atoms with Gasteiger partial charge in [0.1, 0.15) is 11.5 Å². The summed E-state index contributed by atoms with van der Waals surface area (Å²) in [5.74, 6) is 1.28. The van der Waals surface area contributed by atoms with Crippen LogP contribution in [0.1, 0.15) is 11.5 Å². The summed E-state index contributed by atoms with van der Waals surface area (Å²) < 4.78 is 6.18. The number of benzene rings is 1. The Labute approximate surface area is 114 Å². The Bertz CT molecular complexity index is 587. The molecule has 0 fully saturated rings. The molecule has 0 unspecified atom stereocenters. The number of halogens is 1. The van der Waals surface area contributed by atoms with Gasteiger partial charge in [0.05, 0.1) is 5.69 Å². The maximum atomic E-state index is 11.7. The first-order valence-electron chi connectivity index (χ1n) is 5.45. The predicted octanol–water partition coefficient (Wildman–Crippen LogP) is 4.00. The summed E-state index contributed by atoms with van der Waals surface area (Å²) in [5.41, 5.74) is 0.739. The highest BCUT2D eigenvalue weighted by Crippen LogP contribution is 2.21. The maximum absolute atomic E-state index is 11.7. The Hall–Kier alpha value is -1.81. The number of furan rings is 1. The van der Waals surface area contributed by atoms with Gasteiger partial charge in [0.15, 0.2) is 0 Å². The molecule has 1 aromatic carbocycles. The first-order valence-corrected chi connectivity index (χ1v) is 6.24. The lowest BCUT2D eigenvalue weighted by Gasteiger charge is -2.03. The molecule has 0 atom stereocenters. The summed E-state index contributed by atoms with van der Waals surface area (Å²) in [7, 11) is 0. The highest BCUT2D eigenvalue weighted by Gasteiger charge is 2.01. The fourth-order valence-corrected chi connectivity index (χ4v) is 1.82. The van der Waals surface area contributed by atoms with Gasteiger partial charge in [0.25, 0.3) is 0 Å². The van der Waals surface area contributed by atoms with Gasteiger partial charge in [-0.15, -0.1) is 0 Å². The van der Waals surface area contributed by atoms with Gasteiger partial charge < -0.3 is 9.73 Å². The number of hydrogen-bond acceptors (Lipinski definition) is 2. The SMILES string of the molecule is Cc1ccc(C=CC(=O)Nc2ccccc2Br)o1. The van der Waals surface area contributed by atoms with Crippen LogP contribution < -0.4 is 5.32 Å². The zero-order chi connectivity index (χ0) is 13.0. The van der Waals surface area contributed by atoms with Crippen LogP contribution in [0.5, 0.6) is 0 Å². The molecule has 0 aliphatic rings. The molecule has 0 aliphatic heterocycles. The minimum atomic E-state index is -0.198. The Morgan fingerprint density at radius 2 is 2.06 bits per heavy atom. The standard InChI is InChI=1S/C14H12BrNO2/c1-10-6-7-11(18-10)8-9-14(17)16-13-5-3-2-4-12(13)15/h2-9H,1H3,(H,16,17). The highest BCUT2D eigenvalue weighted by atomic mass is 79.9. The quantitative estimate of drug-likeness (QED) is 0.871. The van der Waals surface area contributed by atoms with Crippen LogP contribution in [0.15, 0.2) is 51.4 Å². The van der Waals surface area contributed by atoms with E-state index in [0.717, 1.165) is 15.9 Å². The van der Waals surface area contributed by atoms with Crippen molar-refractivity contribution >= 4 is 33.6 Å². The number of carbonyl (C=O) groups is 1. The smallest absolute Gasteiger partial charge is 0.248 e. The molecule has 2 aromatic rings. The largest absolute Gasteiger partial charge is 0.462 e. The topological polar surface area (TPSA) is 42.2 Å². The molecule has 18 heavy (non-hydrogen) atoms. The van der Waals surface area contributed by atoms with Crippen LogP contribution in [0.25, 0.3) is 6.08 Å². The van der Waals surface area contributed by atoms with Crippen LogP contribution in [0.2, 0.25) is 0 Å². The van der Waals surface area contributed by atoms with Crippen molar-refractivity contribution < 1.29 is 9.21 Å². The van der Waals surface area contributed by atoms with Crippen molar-refractivity contribution in [1.82, 2.24) is 0 Å². The molecule has 0 bridgehead atoms. The van der Waals surface area contributed by atoms with Crippen LogP contribution in [0.4, 0.5) is 5.69 Å². The van der Waals surface area contributed by atoms with E-state index in [1.165, 1.54) is 6.08 Å². The van der Waals surface area contributed by atoms with Crippen LogP contribution in [0, 0.1) is 6.92 Å². The lowest BCUT2D eigenvalue weighted by atomic mass is 10.3. The van der Waals surface area contributed by atoms with Gasteiger partial charge in [-0.1, -0.05) is 12.1 Å². The molecular formula is C14H12BrNO2. The summed E-state index contributed by atoms with van der Waals surface area (Å²) in [4.78, 5) is 11.7. The fraction of sp³-hybridized carbons (Fsp3) is 0.0714. The average Bonchev–Trinajstić information content (AvgIpc) is 2.76. The second-order valence-electron chi connectivity index (χ2n) is 3.75. The van der Waals surface area contributed by atoms with Gasteiger partial charge >= 0.3 is 0 Å². The molecule has 0 saturated heterocycles. The van der Waals surface area contributed by atoms with Gasteiger partial charge in [-0.25, -0.2) is 0 Å². The number of para-hydroxylation sites is 1. The number of anilines is 1. The molecule has 2 rings (SSSR count). The number of rotatable bonds is 3. The lowest BCUT2D eigenvalue weighted by Crippen LogP contribution is -2.07. The molecular weight excluding hydrogens is 294 g/mol. The second-order valence-corrected chi connectivity index (χ2v) is 4.61. The van der Waals surface area contributed by atoms with Crippen molar-refractivity contribution in [3.05, 3.63) is 58.5 Å². The summed E-state index contributed by atoms with van der Waals surface area (Å²) in [6, 6.07) is 11.1. The molecule has 0 radical (unpaired) electrons. The summed E-state index contributed by atoms with van der Waals surface area (Å²) in [5, 5.41) is 2.77. The van der Waals surface area contributed by atoms with E-state index in [0.29, 0.717) is 5.76 Å². The Kier molecular flexibility index (Phi) is 3.99. The molecule has 4 heteroatoms. The summed E-state index contributed by atoms with van der Waals surface area (Å²) >= 11 is 3.37. The van der Waals surface area contributed by atoms with E-state index in [4.69, 9.17) is 4.42 Å². The van der Waals surface area contributed by atoms with Crippen molar-refractivity contribution in [3.8, 4) is 0 Å². The first kappa shape index (κ1) is 12.6. The van der Waals surface area contributed by atoms with Crippen LogP contribution in [-0.2, 0) is 4.79 Å². The van der Waals surface area contributed by atoms with Gasteiger partial charge in [-0.05, 0) is 53.2 Å². The highest BCUT2D eigenvalue weighted by molar-refractivity contribution is 9.10. The molecule has 0 saturated carbocycles. The third-order valence-corrected chi connectivity index (χ3v) is 2.98. The fourth-order valence-electron chi connectivity index (χ4n) is 1.44. The molecule has 1 amide bonds. The predicted molar refractivity (Wildman–Crippen MR) is 75.3 cm³/mol.